The highest BCUT2D eigenvalue weighted by atomic mass is 32.2. The van der Waals surface area contributed by atoms with Crippen molar-refractivity contribution in [3.05, 3.63) is 47.2 Å². The van der Waals surface area contributed by atoms with Crippen molar-refractivity contribution in [3.8, 4) is 0 Å². The zero-order valence-corrected chi connectivity index (χ0v) is 17.5. The molecule has 1 saturated carbocycles. The molecule has 0 atom stereocenters. The van der Waals surface area contributed by atoms with Gasteiger partial charge in [-0.15, -0.1) is 0 Å². The van der Waals surface area contributed by atoms with E-state index in [1.165, 1.54) is 25.7 Å². The number of hydrogen-bond donors (Lipinski definition) is 2. The third-order valence-electron chi connectivity index (χ3n) is 5.76. The number of aromatic nitrogens is 2. The van der Waals surface area contributed by atoms with E-state index >= 15 is 0 Å². The van der Waals surface area contributed by atoms with Crippen molar-refractivity contribution in [2.45, 2.75) is 63.1 Å². The third-order valence-corrected chi connectivity index (χ3v) is 6.73. The van der Waals surface area contributed by atoms with Crippen molar-refractivity contribution in [2.24, 2.45) is 5.92 Å². The molecule has 29 heavy (non-hydrogen) atoms. The molecular formula is C22H28N4O2S. The number of fused-ring (bicyclic) bond motifs is 1. The van der Waals surface area contributed by atoms with Crippen molar-refractivity contribution in [2.75, 3.05) is 5.32 Å². The van der Waals surface area contributed by atoms with E-state index < -0.39 is 0 Å². The molecular weight excluding hydrogens is 384 g/mol. The molecule has 2 N–H and O–H groups in total. The fourth-order valence-corrected chi connectivity index (χ4v) is 5.17. The maximum atomic E-state index is 12.6. The van der Waals surface area contributed by atoms with Gasteiger partial charge in [-0.05, 0) is 17.9 Å². The van der Waals surface area contributed by atoms with Crippen LogP contribution in [-0.4, -0.2) is 21.6 Å². The molecule has 0 spiro atoms. The fourth-order valence-electron chi connectivity index (χ4n) is 4.14. The summed E-state index contributed by atoms with van der Waals surface area (Å²) in [6.07, 6.45) is 6.58. The predicted octanol–water partition coefficient (Wildman–Crippen LogP) is 3.86. The van der Waals surface area contributed by atoms with E-state index in [0.29, 0.717) is 24.7 Å². The monoisotopic (exact) mass is 412 g/mol. The summed E-state index contributed by atoms with van der Waals surface area (Å²) in [5, 5.41) is 10.6. The Kier molecular flexibility index (Phi) is 6.54. The van der Waals surface area contributed by atoms with Gasteiger partial charge >= 0.3 is 0 Å². The molecule has 7 heteroatoms. The first kappa shape index (κ1) is 20.0. The van der Waals surface area contributed by atoms with Crippen LogP contribution in [0.25, 0.3) is 0 Å². The highest BCUT2D eigenvalue weighted by Gasteiger charge is 2.25. The van der Waals surface area contributed by atoms with Crippen molar-refractivity contribution in [3.63, 3.8) is 0 Å². The lowest BCUT2D eigenvalue weighted by Gasteiger charge is -2.12. The number of nitrogens with zero attached hydrogens (tertiary/aromatic N) is 2. The maximum Gasteiger partial charge on any atom is 0.242 e. The minimum atomic E-state index is -0.107. The van der Waals surface area contributed by atoms with Gasteiger partial charge in [0.25, 0.3) is 0 Å². The molecule has 2 aromatic rings. The molecule has 0 saturated heterocycles. The van der Waals surface area contributed by atoms with E-state index in [0.717, 1.165) is 34.7 Å². The second-order valence-electron chi connectivity index (χ2n) is 7.92. The molecule has 1 fully saturated rings. The molecule has 0 unspecified atom stereocenters. The molecule has 2 heterocycles. The summed E-state index contributed by atoms with van der Waals surface area (Å²) in [7, 11) is 0. The van der Waals surface area contributed by atoms with E-state index in [1.54, 1.807) is 16.4 Å². The number of rotatable bonds is 8. The van der Waals surface area contributed by atoms with Gasteiger partial charge in [-0.3, -0.25) is 9.59 Å². The van der Waals surface area contributed by atoms with Crippen LogP contribution in [0, 0.1) is 5.92 Å². The van der Waals surface area contributed by atoms with Crippen LogP contribution in [0.5, 0.6) is 0 Å². The average Bonchev–Trinajstić information content (AvgIpc) is 3.46. The molecule has 2 amide bonds. The van der Waals surface area contributed by atoms with Crippen molar-refractivity contribution in [1.82, 2.24) is 15.1 Å². The number of carbonyl (C=O) groups excluding carboxylic acids is 2. The molecule has 2 aliphatic rings. The van der Waals surface area contributed by atoms with Gasteiger partial charge in [-0.25, -0.2) is 4.68 Å². The summed E-state index contributed by atoms with van der Waals surface area (Å²) in [4.78, 5) is 25.0. The summed E-state index contributed by atoms with van der Waals surface area (Å²) in [5.74, 6) is 2.98. The topological polar surface area (TPSA) is 76.0 Å². The number of carbonyl (C=O) groups is 2. The van der Waals surface area contributed by atoms with Crippen LogP contribution >= 0.6 is 11.8 Å². The Morgan fingerprint density at radius 1 is 1.10 bits per heavy atom. The van der Waals surface area contributed by atoms with Gasteiger partial charge in [0.15, 0.2) is 0 Å². The molecule has 1 aromatic carbocycles. The number of nitrogens with one attached hydrogen (secondary N) is 2. The Morgan fingerprint density at radius 3 is 2.69 bits per heavy atom. The number of amides is 2. The van der Waals surface area contributed by atoms with Gasteiger partial charge in [-0.2, -0.15) is 16.9 Å². The van der Waals surface area contributed by atoms with Crippen molar-refractivity contribution < 1.29 is 9.59 Å². The van der Waals surface area contributed by atoms with Crippen LogP contribution in [0.3, 0.4) is 0 Å². The van der Waals surface area contributed by atoms with Crippen LogP contribution in [0.4, 0.5) is 5.82 Å². The molecule has 6 nitrogen and oxygen atoms in total. The van der Waals surface area contributed by atoms with E-state index in [4.69, 9.17) is 0 Å². The van der Waals surface area contributed by atoms with Crippen LogP contribution in [-0.2, 0) is 34.2 Å². The second-order valence-corrected chi connectivity index (χ2v) is 8.91. The summed E-state index contributed by atoms with van der Waals surface area (Å²) in [5.41, 5.74) is 3.11. The van der Waals surface area contributed by atoms with E-state index in [9.17, 15) is 9.59 Å². The maximum absolute atomic E-state index is 12.6. The molecule has 154 valence electrons. The van der Waals surface area contributed by atoms with Crippen LogP contribution in [0.1, 0.15) is 55.3 Å². The van der Waals surface area contributed by atoms with Crippen LogP contribution < -0.4 is 10.6 Å². The smallest absolute Gasteiger partial charge is 0.242 e. The predicted molar refractivity (Wildman–Crippen MR) is 115 cm³/mol. The van der Waals surface area contributed by atoms with Crippen LogP contribution in [0.15, 0.2) is 30.3 Å². The fraction of sp³-hybridized carbons (Fsp3) is 0.500. The largest absolute Gasteiger partial charge is 0.350 e. The lowest BCUT2D eigenvalue weighted by atomic mass is 10.0. The first-order valence-corrected chi connectivity index (χ1v) is 11.6. The third kappa shape index (κ3) is 5.21. The number of anilines is 1. The summed E-state index contributed by atoms with van der Waals surface area (Å²) < 4.78 is 1.66. The van der Waals surface area contributed by atoms with Crippen LogP contribution in [0.2, 0.25) is 0 Å². The Bertz CT molecular complexity index is 859. The SMILES string of the molecule is O=C(Cn1nc2c(c1NC(=O)CCC1CCCC1)CSC2)NCc1ccccc1. The normalized spacial score (nSPS) is 16.0. The van der Waals surface area contributed by atoms with E-state index in [2.05, 4.69) is 15.7 Å². The Morgan fingerprint density at radius 2 is 1.90 bits per heavy atom. The molecule has 1 aliphatic carbocycles. The van der Waals surface area contributed by atoms with E-state index in [-0.39, 0.29) is 18.4 Å². The lowest BCUT2D eigenvalue weighted by Crippen LogP contribution is -2.28. The Labute approximate surface area is 175 Å². The highest BCUT2D eigenvalue weighted by molar-refractivity contribution is 7.98. The molecule has 1 aromatic heterocycles. The number of benzene rings is 1. The molecule has 0 radical (unpaired) electrons. The average molecular weight is 413 g/mol. The quantitative estimate of drug-likeness (QED) is 0.690. The highest BCUT2D eigenvalue weighted by Crippen LogP contribution is 2.35. The summed E-state index contributed by atoms with van der Waals surface area (Å²) in [6.45, 7) is 0.600. The second kappa shape index (κ2) is 9.48. The number of thioether (sulfide) groups is 1. The standard InChI is InChI=1S/C22H28N4O2S/c27-20(11-10-16-6-4-5-7-16)24-22-18-14-29-15-19(18)25-26(22)13-21(28)23-12-17-8-2-1-3-9-17/h1-3,8-9,16H,4-7,10-15H2,(H,23,28)(H,24,27). The minimum absolute atomic E-state index is 0.0300. The molecule has 0 bridgehead atoms. The van der Waals surface area contributed by atoms with Gasteiger partial charge < -0.3 is 10.6 Å². The van der Waals surface area contributed by atoms with Crippen molar-refractivity contribution in [1.29, 1.82) is 0 Å². The zero-order chi connectivity index (χ0) is 20.1. The summed E-state index contributed by atoms with van der Waals surface area (Å²) in [6, 6.07) is 9.83. The zero-order valence-electron chi connectivity index (χ0n) is 16.7. The first-order valence-electron chi connectivity index (χ1n) is 10.5. The number of hydrogen-bond acceptors (Lipinski definition) is 4. The van der Waals surface area contributed by atoms with Gasteiger partial charge in [-0.1, -0.05) is 56.0 Å². The summed E-state index contributed by atoms with van der Waals surface area (Å²) >= 11 is 1.79. The van der Waals surface area contributed by atoms with Gasteiger partial charge in [0.05, 0.1) is 5.69 Å². The lowest BCUT2D eigenvalue weighted by molar-refractivity contribution is -0.122. The van der Waals surface area contributed by atoms with Crippen molar-refractivity contribution >= 4 is 29.4 Å². The van der Waals surface area contributed by atoms with Gasteiger partial charge in [0.1, 0.15) is 12.4 Å². The van der Waals surface area contributed by atoms with Gasteiger partial charge in [0, 0.05) is 30.0 Å². The first-order chi connectivity index (χ1) is 14.2. The Balaban J connectivity index is 1.36. The molecule has 1 aliphatic heterocycles. The molecule has 4 rings (SSSR count). The van der Waals surface area contributed by atoms with Gasteiger partial charge in [0.2, 0.25) is 11.8 Å². The van der Waals surface area contributed by atoms with E-state index in [1.807, 2.05) is 30.3 Å². The minimum Gasteiger partial charge on any atom is -0.350 e. The Hall–Kier alpha value is -2.28.